The van der Waals surface area contributed by atoms with Gasteiger partial charge in [0.15, 0.2) is 0 Å². The van der Waals surface area contributed by atoms with Gasteiger partial charge in [-0.15, -0.1) is 0 Å². The summed E-state index contributed by atoms with van der Waals surface area (Å²) in [6, 6.07) is 0. The molecule has 3 aliphatic heterocycles. The summed E-state index contributed by atoms with van der Waals surface area (Å²) in [4.78, 5) is 18.1. The molecule has 0 aliphatic carbocycles. The smallest absolute Gasteiger partial charge is 0.0919 e. The van der Waals surface area contributed by atoms with Gasteiger partial charge < -0.3 is 29.5 Å². The number of unbranched alkanes of at least 4 members (excludes halogenated alkanes) is 4. The maximum atomic E-state index is 3.67. The predicted molar refractivity (Wildman–Crippen MR) is 155 cm³/mol. The Morgan fingerprint density at radius 2 is 1.22 bits per heavy atom. The molecule has 0 amide bonds. The van der Waals surface area contributed by atoms with Gasteiger partial charge in [-0.2, -0.15) is 0 Å². The molecular weight excluding hydrogens is 446 g/mol. The first kappa shape index (κ1) is 31.9. The third kappa shape index (κ3) is 17.3. The fourth-order valence-corrected chi connectivity index (χ4v) is 4.17. The zero-order valence-corrected chi connectivity index (χ0v) is 24.2. The van der Waals surface area contributed by atoms with E-state index in [0.29, 0.717) is 0 Å². The van der Waals surface area contributed by atoms with Crippen molar-refractivity contribution in [3.05, 3.63) is 43.5 Å². The molecule has 7 heteroatoms. The number of hydrogen-bond donors (Lipinski definition) is 1. The Bertz CT molecular complexity index is 578. The van der Waals surface area contributed by atoms with E-state index < -0.39 is 0 Å². The summed E-state index contributed by atoms with van der Waals surface area (Å²) in [5.41, 5.74) is 0. The highest BCUT2D eigenvalue weighted by Gasteiger charge is 2.08. The van der Waals surface area contributed by atoms with Crippen molar-refractivity contribution in [2.45, 2.75) is 85.0 Å². The van der Waals surface area contributed by atoms with Crippen LogP contribution in [0.3, 0.4) is 0 Å². The number of likely N-dealkylation sites (tertiary alicyclic amines) is 1. The van der Waals surface area contributed by atoms with Gasteiger partial charge in [-0.05, 0) is 51.7 Å². The van der Waals surface area contributed by atoms with E-state index in [0.717, 1.165) is 13.3 Å². The van der Waals surface area contributed by atoms with Crippen LogP contribution in [0.5, 0.6) is 0 Å². The average Bonchev–Trinajstić information content (AvgIpc) is 3.68. The number of piperidine rings is 1. The number of hydrogen-bond acceptors (Lipinski definition) is 6. The lowest BCUT2D eigenvalue weighted by molar-refractivity contribution is 0.224. The van der Waals surface area contributed by atoms with Gasteiger partial charge in [0.1, 0.15) is 0 Å². The standard InChI is InChI=1S/C10H21N.2C8H16N2.C3H4N2/c1-2-3-5-8-11-9-6-4-7-10-11;2*1-3-4-5-10-7-6-9(2)8-10;1-2-5-3-4-1/h2-10H2,1H3;2*6-7H,3-5,8H2,1-2H3;1-3H,(H,4,5). The molecule has 1 saturated heterocycles. The first-order valence-corrected chi connectivity index (χ1v) is 14.5. The molecule has 0 unspecified atom stereocenters. The van der Waals surface area contributed by atoms with E-state index in [1.54, 1.807) is 18.7 Å². The number of imidazole rings is 1. The van der Waals surface area contributed by atoms with Crippen LogP contribution in [0.25, 0.3) is 0 Å². The summed E-state index contributed by atoms with van der Waals surface area (Å²) in [5.74, 6) is 0. The highest BCUT2D eigenvalue weighted by molar-refractivity contribution is 4.88. The molecule has 1 aromatic heterocycles. The zero-order chi connectivity index (χ0) is 26.3. The number of nitrogens with one attached hydrogen (secondary N) is 1. The summed E-state index contributed by atoms with van der Waals surface area (Å²) in [7, 11) is 4.20. The van der Waals surface area contributed by atoms with Crippen LogP contribution in [0, 0.1) is 0 Å². The Morgan fingerprint density at radius 3 is 1.58 bits per heavy atom. The average molecular weight is 504 g/mol. The highest BCUT2D eigenvalue weighted by Crippen LogP contribution is 2.09. The minimum Gasteiger partial charge on any atom is -0.362 e. The maximum Gasteiger partial charge on any atom is 0.0919 e. The van der Waals surface area contributed by atoms with E-state index in [1.807, 2.05) is 0 Å². The normalized spacial score (nSPS) is 16.8. The first-order chi connectivity index (χ1) is 17.6. The number of aromatic nitrogens is 2. The van der Waals surface area contributed by atoms with Crippen molar-refractivity contribution in [1.29, 1.82) is 0 Å². The van der Waals surface area contributed by atoms with Gasteiger partial charge >= 0.3 is 0 Å². The summed E-state index contributed by atoms with van der Waals surface area (Å²) >= 11 is 0. The first-order valence-electron chi connectivity index (χ1n) is 14.5. The molecule has 1 aromatic rings. The van der Waals surface area contributed by atoms with E-state index in [9.17, 15) is 0 Å². The van der Waals surface area contributed by atoms with Gasteiger partial charge in [0.25, 0.3) is 0 Å². The summed E-state index contributed by atoms with van der Waals surface area (Å²) < 4.78 is 0. The third-order valence-electron chi connectivity index (χ3n) is 6.40. The van der Waals surface area contributed by atoms with E-state index in [4.69, 9.17) is 0 Å². The second kappa shape index (κ2) is 22.1. The van der Waals surface area contributed by atoms with Crippen LogP contribution < -0.4 is 0 Å². The Hall–Kier alpha value is -2.15. The van der Waals surface area contributed by atoms with Gasteiger partial charge in [-0.25, -0.2) is 4.98 Å². The van der Waals surface area contributed by atoms with Crippen molar-refractivity contribution in [1.82, 2.24) is 34.5 Å². The van der Waals surface area contributed by atoms with E-state index in [-0.39, 0.29) is 0 Å². The van der Waals surface area contributed by atoms with Crippen LogP contribution in [-0.4, -0.2) is 94.6 Å². The lowest BCUT2D eigenvalue weighted by Gasteiger charge is -2.26. The highest BCUT2D eigenvalue weighted by atomic mass is 15.3. The SMILES string of the molecule is CCCCCN1CCCCC1.CCCCN1C=CN(C)C1.CCCCN1C=CN(C)C1.c1c[nH]cn1. The van der Waals surface area contributed by atoms with Crippen LogP contribution in [0.1, 0.15) is 85.0 Å². The van der Waals surface area contributed by atoms with Crippen molar-refractivity contribution in [3.63, 3.8) is 0 Å². The topological polar surface area (TPSA) is 44.9 Å². The molecule has 4 rings (SSSR count). The number of nitrogens with zero attached hydrogens (tertiary/aromatic N) is 6. The lowest BCUT2D eigenvalue weighted by Crippen LogP contribution is -2.30. The zero-order valence-electron chi connectivity index (χ0n) is 24.2. The minimum absolute atomic E-state index is 1.07. The Balaban J connectivity index is 0.000000247. The van der Waals surface area contributed by atoms with E-state index >= 15 is 0 Å². The molecule has 0 radical (unpaired) electrons. The molecule has 3 aliphatic rings. The van der Waals surface area contributed by atoms with Crippen molar-refractivity contribution >= 4 is 0 Å². The van der Waals surface area contributed by atoms with Crippen molar-refractivity contribution in [3.8, 4) is 0 Å². The van der Waals surface area contributed by atoms with Crippen molar-refractivity contribution in [2.24, 2.45) is 0 Å². The van der Waals surface area contributed by atoms with Crippen LogP contribution in [0.4, 0.5) is 0 Å². The molecule has 0 atom stereocenters. The Kier molecular flexibility index (Phi) is 19.6. The molecular formula is C29H57N7. The third-order valence-corrected chi connectivity index (χ3v) is 6.40. The molecule has 0 aromatic carbocycles. The number of rotatable bonds is 10. The van der Waals surface area contributed by atoms with Crippen molar-refractivity contribution in [2.75, 3.05) is 60.2 Å². The van der Waals surface area contributed by atoms with Gasteiger partial charge in [-0.3, -0.25) is 0 Å². The fourth-order valence-electron chi connectivity index (χ4n) is 4.17. The molecule has 0 saturated carbocycles. The summed E-state index contributed by atoms with van der Waals surface area (Å²) in [6.45, 7) is 15.4. The second-order valence-electron chi connectivity index (χ2n) is 10.1. The summed E-state index contributed by atoms with van der Waals surface area (Å²) in [6.07, 6.45) is 27.3. The van der Waals surface area contributed by atoms with Crippen LogP contribution in [-0.2, 0) is 0 Å². The monoisotopic (exact) mass is 503 g/mol. The molecule has 0 bridgehead atoms. The molecule has 4 heterocycles. The second-order valence-corrected chi connectivity index (χ2v) is 10.1. The predicted octanol–water partition coefficient (Wildman–Crippen LogP) is 6.00. The van der Waals surface area contributed by atoms with Crippen molar-refractivity contribution < 1.29 is 0 Å². The quantitative estimate of drug-likeness (QED) is 0.395. The maximum absolute atomic E-state index is 3.67. The minimum atomic E-state index is 1.07. The van der Waals surface area contributed by atoms with Gasteiger partial charge in [0.05, 0.1) is 19.7 Å². The molecule has 0 spiro atoms. The molecule has 208 valence electrons. The molecule has 36 heavy (non-hydrogen) atoms. The molecule has 1 N–H and O–H groups in total. The van der Waals surface area contributed by atoms with Gasteiger partial charge in [-0.1, -0.05) is 52.9 Å². The Morgan fingerprint density at radius 1 is 0.667 bits per heavy atom. The number of H-pyrrole nitrogens is 1. The van der Waals surface area contributed by atoms with Crippen LogP contribution in [0.15, 0.2) is 43.5 Å². The molecule has 7 nitrogen and oxygen atoms in total. The van der Waals surface area contributed by atoms with E-state index in [2.05, 4.69) is 94.1 Å². The summed E-state index contributed by atoms with van der Waals surface area (Å²) in [5, 5.41) is 0. The number of aromatic amines is 1. The molecule has 1 fully saturated rings. The van der Waals surface area contributed by atoms with Gasteiger partial charge in [0.2, 0.25) is 0 Å². The Labute approximate surface area is 223 Å². The lowest BCUT2D eigenvalue weighted by atomic mass is 10.1. The largest absolute Gasteiger partial charge is 0.362 e. The van der Waals surface area contributed by atoms with Crippen LogP contribution in [0.2, 0.25) is 0 Å². The fraction of sp³-hybridized carbons (Fsp3) is 0.759. The van der Waals surface area contributed by atoms with Gasteiger partial charge in [0, 0.05) is 64.4 Å². The van der Waals surface area contributed by atoms with E-state index in [1.165, 1.54) is 96.9 Å². The van der Waals surface area contributed by atoms with Crippen LogP contribution >= 0.6 is 0 Å².